The van der Waals surface area contributed by atoms with Gasteiger partial charge in [-0.1, -0.05) is 45.0 Å². The van der Waals surface area contributed by atoms with Crippen LogP contribution in [0.1, 0.15) is 33.3 Å². The van der Waals surface area contributed by atoms with Crippen molar-refractivity contribution in [2.45, 2.75) is 39.2 Å². The molecule has 0 aliphatic rings. The van der Waals surface area contributed by atoms with Crippen LogP contribution in [0, 0.1) is 0 Å². The van der Waals surface area contributed by atoms with E-state index in [1.165, 1.54) is 0 Å². The molecule has 0 saturated carbocycles. The fourth-order valence-corrected chi connectivity index (χ4v) is 2.75. The van der Waals surface area contributed by atoms with E-state index >= 15 is 0 Å². The van der Waals surface area contributed by atoms with Crippen LogP contribution in [0.2, 0.25) is 0 Å². The number of hydrogen-bond acceptors (Lipinski definition) is 4. The molecule has 150 valence electrons. The van der Waals surface area contributed by atoms with E-state index in [0.29, 0.717) is 11.5 Å². The van der Waals surface area contributed by atoms with Crippen LogP contribution in [0.4, 0.5) is 0 Å². The van der Waals surface area contributed by atoms with Crippen LogP contribution in [0.25, 0.3) is 0 Å². The van der Waals surface area contributed by atoms with Gasteiger partial charge in [0.2, 0.25) is 0 Å². The molecule has 0 aliphatic heterocycles. The quantitative estimate of drug-likeness (QED) is 0.659. The Bertz CT molecular complexity index is 819. The van der Waals surface area contributed by atoms with Gasteiger partial charge in [-0.2, -0.15) is 0 Å². The minimum atomic E-state index is -0.761. The Labute approximate surface area is 173 Å². The van der Waals surface area contributed by atoms with Crippen molar-refractivity contribution in [2.75, 3.05) is 6.61 Å². The number of halogens is 1. The number of para-hydroxylation sites is 1. The number of hydrazine groups is 1. The fraction of sp³-hybridized carbons (Fsp3) is 0.333. The predicted octanol–water partition coefficient (Wildman–Crippen LogP) is 3.74. The highest BCUT2D eigenvalue weighted by atomic mass is 79.9. The van der Waals surface area contributed by atoms with E-state index in [1.807, 2.05) is 36.4 Å². The molecule has 6 nitrogen and oxygen atoms in total. The molecule has 0 heterocycles. The number of ether oxygens (including phenoxy) is 2. The second kappa shape index (κ2) is 9.59. The van der Waals surface area contributed by atoms with Gasteiger partial charge in [0.15, 0.2) is 12.7 Å². The topological polar surface area (TPSA) is 76.7 Å². The Morgan fingerprint density at radius 2 is 1.75 bits per heavy atom. The zero-order chi connectivity index (χ0) is 20.7. The minimum Gasteiger partial charge on any atom is -0.483 e. The van der Waals surface area contributed by atoms with Crippen molar-refractivity contribution in [1.29, 1.82) is 0 Å². The monoisotopic (exact) mass is 448 g/mol. The van der Waals surface area contributed by atoms with Gasteiger partial charge in [0, 0.05) is 0 Å². The maximum Gasteiger partial charge on any atom is 0.279 e. The third kappa shape index (κ3) is 6.56. The summed E-state index contributed by atoms with van der Waals surface area (Å²) in [7, 11) is 0. The van der Waals surface area contributed by atoms with Crippen LogP contribution in [-0.2, 0) is 15.0 Å². The second-order valence-corrected chi connectivity index (χ2v) is 8.15. The molecule has 0 saturated heterocycles. The van der Waals surface area contributed by atoms with E-state index in [4.69, 9.17) is 9.47 Å². The van der Waals surface area contributed by atoms with Crippen molar-refractivity contribution in [3.8, 4) is 11.5 Å². The lowest BCUT2D eigenvalue weighted by molar-refractivity contribution is -0.133. The van der Waals surface area contributed by atoms with Gasteiger partial charge in [-0.15, -0.1) is 0 Å². The highest BCUT2D eigenvalue weighted by Crippen LogP contribution is 2.31. The van der Waals surface area contributed by atoms with Crippen molar-refractivity contribution in [3.63, 3.8) is 0 Å². The zero-order valence-corrected chi connectivity index (χ0v) is 18.0. The second-order valence-electron chi connectivity index (χ2n) is 7.29. The first-order valence-corrected chi connectivity index (χ1v) is 9.69. The molecule has 0 aliphatic carbocycles. The first-order valence-electron chi connectivity index (χ1n) is 8.90. The number of hydrogen-bond donors (Lipinski definition) is 2. The SMILES string of the molecule is CC(Oc1ccccc1)C(=O)NNC(=O)COc1ccc(C(C)(C)C)cc1Br. The predicted molar refractivity (Wildman–Crippen MR) is 111 cm³/mol. The average Bonchev–Trinajstić information content (AvgIpc) is 2.65. The molecule has 1 unspecified atom stereocenters. The van der Waals surface area contributed by atoms with Gasteiger partial charge in [-0.05, 0) is 58.1 Å². The van der Waals surface area contributed by atoms with Gasteiger partial charge in [0.1, 0.15) is 11.5 Å². The first-order chi connectivity index (χ1) is 13.2. The van der Waals surface area contributed by atoms with Crippen molar-refractivity contribution in [1.82, 2.24) is 10.9 Å². The Morgan fingerprint density at radius 1 is 1.07 bits per heavy atom. The molecule has 0 aromatic heterocycles. The van der Waals surface area contributed by atoms with Crippen LogP contribution in [0.15, 0.2) is 53.0 Å². The molecule has 2 rings (SSSR count). The lowest BCUT2D eigenvalue weighted by atomic mass is 9.87. The minimum absolute atomic E-state index is 0.0151. The van der Waals surface area contributed by atoms with Crippen LogP contribution in [0.5, 0.6) is 11.5 Å². The van der Waals surface area contributed by atoms with Gasteiger partial charge in [0.25, 0.3) is 11.8 Å². The summed E-state index contributed by atoms with van der Waals surface area (Å²) in [6, 6.07) is 14.7. The summed E-state index contributed by atoms with van der Waals surface area (Å²) in [5, 5.41) is 0. The number of carbonyl (C=O) groups excluding carboxylic acids is 2. The summed E-state index contributed by atoms with van der Waals surface area (Å²) < 4.78 is 11.8. The standard InChI is InChI=1S/C21H25BrN2O4/c1-14(28-16-8-6-5-7-9-16)20(26)24-23-19(25)13-27-18-11-10-15(12-17(18)22)21(2,3)4/h5-12,14H,13H2,1-4H3,(H,23,25)(H,24,26). The van der Waals surface area contributed by atoms with Crippen molar-refractivity contribution >= 4 is 27.7 Å². The van der Waals surface area contributed by atoms with E-state index < -0.39 is 17.9 Å². The smallest absolute Gasteiger partial charge is 0.279 e. The average molecular weight is 449 g/mol. The third-order valence-corrected chi connectivity index (χ3v) is 4.53. The van der Waals surface area contributed by atoms with Crippen molar-refractivity contribution in [2.24, 2.45) is 0 Å². The highest BCUT2D eigenvalue weighted by molar-refractivity contribution is 9.10. The molecule has 2 N–H and O–H groups in total. The molecule has 2 amide bonds. The molecular formula is C21H25BrN2O4. The maximum atomic E-state index is 12.0. The largest absolute Gasteiger partial charge is 0.483 e. The highest BCUT2D eigenvalue weighted by Gasteiger charge is 2.17. The molecule has 7 heteroatoms. The van der Waals surface area contributed by atoms with E-state index in [0.717, 1.165) is 10.0 Å². The summed E-state index contributed by atoms with van der Waals surface area (Å²) >= 11 is 3.46. The summed E-state index contributed by atoms with van der Waals surface area (Å²) in [5.41, 5.74) is 5.81. The zero-order valence-electron chi connectivity index (χ0n) is 16.4. The van der Waals surface area contributed by atoms with Gasteiger partial charge in [0.05, 0.1) is 4.47 Å². The number of carbonyl (C=O) groups is 2. The van der Waals surface area contributed by atoms with E-state index in [-0.39, 0.29) is 12.0 Å². The molecule has 28 heavy (non-hydrogen) atoms. The van der Waals surface area contributed by atoms with Crippen LogP contribution in [-0.4, -0.2) is 24.5 Å². The summed E-state index contributed by atoms with van der Waals surface area (Å²) in [6.07, 6.45) is -0.761. The Hall–Kier alpha value is -2.54. The lowest BCUT2D eigenvalue weighted by Crippen LogP contribution is -2.48. The molecule has 1 atom stereocenters. The Balaban J connectivity index is 1.79. The van der Waals surface area contributed by atoms with Crippen LogP contribution < -0.4 is 20.3 Å². The number of benzene rings is 2. The van der Waals surface area contributed by atoms with Gasteiger partial charge < -0.3 is 9.47 Å². The van der Waals surface area contributed by atoms with Gasteiger partial charge in [-0.3, -0.25) is 20.4 Å². The number of nitrogens with one attached hydrogen (secondary N) is 2. The third-order valence-electron chi connectivity index (χ3n) is 3.91. The molecular weight excluding hydrogens is 424 g/mol. The number of rotatable bonds is 6. The Morgan fingerprint density at radius 3 is 2.36 bits per heavy atom. The normalized spacial score (nSPS) is 12.0. The van der Waals surface area contributed by atoms with E-state index in [2.05, 4.69) is 47.6 Å². The van der Waals surface area contributed by atoms with E-state index in [1.54, 1.807) is 19.1 Å². The summed E-state index contributed by atoms with van der Waals surface area (Å²) in [6.45, 7) is 7.72. The van der Waals surface area contributed by atoms with Gasteiger partial charge >= 0.3 is 0 Å². The van der Waals surface area contributed by atoms with Crippen molar-refractivity contribution < 1.29 is 19.1 Å². The van der Waals surface area contributed by atoms with Gasteiger partial charge in [-0.25, -0.2) is 0 Å². The number of amides is 2. The maximum absolute atomic E-state index is 12.0. The first kappa shape index (κ1) is 21.8. The molecule has 0 fully saturated rings. The lowest BCUT2D eigenvalue weighted by Gasteiger charge is -2.20. The molecule has 0 bridgehead atoms. The van der Waals surface area contributed by atoms with Crippen molar-refractivity contribution in [3.05, 3.63) is 58.6 Å². The van der Waals surface area contributed by atoms with E-state index in [9.17, 15) is 9.59 Å². The van der Waals surface area contributed by atoms with Crippen LogP contribution in [0.3, 0.4) is 0 Å². The molecule has 2 aromatic carbocycles. The fourth-order valence-electron chi connectivity index (χ4n) is 2.25. The molecule has 0 spiro atoms. The van der Waals surface area contributed by atoms with Crippen LogP contribution >= 0.6 is 15.9 Å². The Kier molecular flexibility index (Phi) is 7.45. The summed E-state index contributed by atoms with van der Waals surface area (Å²) in [4.78, 5) is 23.9. The summed E-state index contributed by atoms with van der Waals surface area (Å²) in [5.74, 6) is 0.179. The molecule has 0 radical (unpaired) electrons. The molecule has 2 aromatic rings.